The standard InChI is InChI=1S/C15H20O3/c1-15(2)6-3-4-11(9-16)13(15)8-14(17)12-5-7-18-10-12/h5,7,9-11,13H,3-4,6,8H2,1-2H3/t11-,13-/m1/s1. The maximum atomic E-state index is 12.1. The molecule has 98 valence electrons. The van der Waals surface area contributed by atoms with Crippen LogP contribution in [0.5, 0.6) is 0 Å². The summed E-state index contributed by atoms with van der Waals surface area (Å²) in [5.74, 6) is 0.242. The molecule has 0 saturated heterocycles. The van der Waals surface area contributed by atoms with Gasteiger partial charge in [0.2, 0.25) is 0 Å². The van der Waals surface area contributed by atoms with E-state index in [9.17, 15) is 9.59 Å². The molecule has 1 aliphatic rings. The second-order valence-electron chi connectivity index (χ2n) is 5.93. The van der Waals surface area contributed by atoms with E-state index in [0.29, 0.717) is 12.0 Å². The Balaban J connectivity index is 2.13. The molecular weight excluding hydrogens is 228 g/mol. The fraction of sp³-hybridized carbons (Fsp3) is 0.600. The molecule has 2 rings (SSSR count). The lowest BCUT2D eigenvalue weighted by Crippen LogP contribution is -2.37. The maximum absolute atomic E-state index is 12.1. The van der Waals surface area contributed by atoms with Crippen LogP contribution in [0.15, 0.2) is 23.0 Å². The van der Waals surface area contributed by atoms with Crippen LogP contribution in [0.1, 0.15) is 49.9 Å². The van der Waals surface area contributed by atoms with Crippen LogP contribution >= 0.6 is 0 Å². The molecule has 1 heterocycles. The third kappa shape index (κ3) is 2.55. The highest BCUT2D eigenvalue weighted by molar-refractivity contribution is 5.96. The van der Waals surface area contributed by atoms with Gasteiger partial charge >= 0.3 is 0 Å². The Bertz CT molecular complexity index is 417. The number of hydrogen-bond donors (Lipinski definition) is 0. The largest absolute Gasteiger partial charge is 0.472 e. The van der Waals surface area contributed by atoms with Gasteiger partial charge in [0.1, 0.15) is 12.5 Å². The average molecular weight is 248 g/mol. The van der Waals surface area contributed by atoms with E-state index < -0.39 is 0 Å². The molecule has 1 aromatic heterocycles. The summed E-state index contributed by atoms with van der Waals surface area (Å²) in [5.41, 5.74) is 0.671. The van der Waals surface area contributed by atoms with Crippen LogP contribution in [0.3, 0.4) is 0 Å². The Hall–Kier alpha value is -1.38. The molecule has 18 heavy (non-hydrogen) atoms. The van der Waals surface area contributed by atoms with Crippen molar-refractivity contribution in [3.8, 4) is 0 Å². The first-order chi connectivity index (χ1) is 8.54. The Morgan fingerprint density at radius 2 is 2.33 bits per heavy atom. The second-order valence-corrected chi connectivity index (χ2v) is 5.93. The van der Waals surface area contributed by atoms with E-state index in [1.165, 1.54) is 12.5 Å². The first kappa shape index (κ1) is 13.1. The van der Waals surface area contributed by atoms with Gasteiger partial charge in [0.15, 0.2) is 5.78 Å². The predicted octanol–water partition coefficient (Wildman–Crippen LogP) is 3.49. The Kier molecular flexibility index (Phi) is 3.69. The van der Waals surface area contributed by atoms with E-state index in [4.69, 9.17) is 4.42 Å². The number of carbonyl (C=O) groups excluding carboxylic acids is 2. The third-order valence-electron chi connectivity index (χ3n) is 4.30. The van der Waals surface area contributed by atoms with Crippen molar-refractivity contribution in [2.45, 2.75) is 39.5 Å². The van der Waals surface area contributed by atoms with E-state index in [1.54, 1.807) is 6.07 Å². The van der Waals surface area contributed by atoms with Gasteiger partial charge in [0.05, 0.1) is 11.8 Å². The molecule has 0 unspecified atom stereocenters. The minimum absolute atomic E-state index is 0.0181. The predicted molar refractivity (Wildman–Crippen MR) is 68.3 cm³/mol. The summed E-state index contributed by atoms with van der Waals surface area (Å²) in [6.07, 6.45) is 7.54. The molecule has 1 saturated carbocycles. The molecule has 0 aliphatic heterocycles. The Labute approximate surface area is 108 Å². The summed E-state index contributed by atoms with van der Waals surface area (Å²) in [6.45, 7) is 4.33. The monoisotopic (exact) mass is 248 g/mol. The van der Waals surface area contributed by atoms with Gasteiger partial charge in [-0.2, -0.15) is 0 Å². The summed E-state index contributed by atoms with van der Waals surface area (Å²) in [7, 11) is 0. The van der Waals surface area contributed by atoms with Crippen LogP contribution in [0.2, 0.25) is 0 Å². The normalized spacial score (nSPS) is 26.8. The molecule has 3 nitrogen and oxygen atoms in total. The number of Topliss-reactive ketones (excluding diaryl/α,β-unsaturated/α-hetero) is 1. The molecule has 0 amide bonds. The SMILES string of the molecule is CC1(C)CCC[C@H](C=O)[C@H]1CC(=O)c1ccoc1. The number of rotatable bonds is 4. The lowest BCUT2D eigenvalue weighted by atomic mass is 9.62. The fourth-order valence-corrected chi connectivity index (χ4v) is 3.09. The smallest absolute Gasteiger partial charge is 0.166 e. The van der Waals surface area contributed by atoms with Crippen molar-refractivity contribution < 1.29 is 14.0 Å². The Morgan fingerprint density at radius 1 is 1.56 bits per heavy atom. The van der Waals surface area contributed by atoms with E-state index in [1.807, 2.05) is 0 Å². The molecule has 0 bridgehead atoms. The lowest BCUT2D eigenvalue weighted by Gasteiger charge is -2.41. The summed E-state index contributed by atoms with van der Waals surface area (Å²) >= 11 is 0. The molecule has 1 fully saturated rings. The van der Waals surface area contributed by atoms with Crippen molar-refractivity contribution in [2.75, 3.05) is 0 Å². The van der Waals surface area contributed by atoms with Crippen LogP contribution in [0, 0.1) is 17.3 Å². The van der Waals surface area contributed by atoms with Gasteiger partial charge in [-0.1, -0.05) is 20.3 Å². The maximum Gasteiger partial charge on any atom is 0.166 e. The molecule has 0 N–H and O–H groups in total. The molecule has 0 radical (unpaired) electrons. The van der Waals surface area contributed by atoms with Crippen molar-refractivity contribution in [3.63, 3.8) is 0 Å². The van der Waals surface area contributed by atoms with Crippen LogP contribution < -0.4 is 0 Å². The third-order valence-corrected chi connectivity index (χ3v) is 4.30. The highest BCUT2D eigenvalue weighted by Gasteiger charge is 2.39. The molecule has 1 aliphatic carbocycles. The van der Waals surface area contributed by atoms with Crippen molar-refractivity contribution in [1.82, 2.24) is 0 Å². The topological polar surface area (TPSA) is 47.3 Å². The van der Waals surface area contributed by atoms with Gasteiger partial charge in [-0.25, -0.2) is 0 Å². The summed E-state index contributed by atoms with van der Waals surface area (Å²) in [6, 6.07) is 1.69. The fourth-order valence-electron chi connectivity index (χ4n) is 3.09. The second kappa shape index (κ2) is 5.09. The lowest BCUT2D eigenvalue weighted by molar-refractivity contribution is -0.115. The molecule has 3 heteroatoms. The van der Waals surface area contributed by atoms with E-state index in [0.717, 1.165) is 25.5 Å². The van der Waals surface area contributed by atoms with Crippen LogP contribution in [0.4, 0.5) is 0 Å². The molecule has 1 aromatic rings. The number of ketones is 1. The van der Waals surface area contributed by atoms with Crippen LogP contribution in [-0.4, -0.2) is 12.1 Å². The van der Waals surface area contributed by atoms with Gasteiger partial charge in [-0.3, -0.25) is 4.79 Å². The van der Waals surface area contributed by atoms with Gasteiger partial charge in [-0.05, 0) is 30.2 Å². The van der Waals surface area contributed by atoms with Crippen molar-refractivity contribution in [2.24, 2.45) is 17.3 Å². The zero-order valence-corrected chi connectivity index (χ0v) is 11.0. The van der Waals surface area contributed by atoms with Crippen molar-refractivity contribution >= 4 is 12.1 Å². The highest BCUT2D eigenvalue weighted by Crippen LogP contribution is 2.45. The van der Waals surface area contributed by atoms with E-state index >= 15 is 0 Å². The quantitative estimate of drug-likeness (QED) is 0.605. The van der Waals surface area contributed by atoms with Crippen molar-refractivity contribution in [3.05, 3.63) is 24.2 Å². The van der Waals surface area contributed by atoms with Crippen LogP contribution in [0.25, 0.3) is 0 Å². The minimum atomic E-state index is 0.0181. The van der Waals surface area contributed by atoms with Gasteiger partial charge in [0, 0.05) is 12.3 Å². The average Bonchev–Trinajstić information content (AvgIpc) is 2.85. The van der Waals surface area contributed by atoms with Crippen molar-refractivity contribution in [1.29, 1.82) is 0 Å². The van der Waals surface area contributed by atoms with Gasteiger partial charge in [-0.15, -0.1) is 0 Å². The Morgan fingerprint density at radius 3 is 2.94 bits per heavy atom. The number of carbonyl (C=O) groups is 2. The summed E-state index contributed by atoms with van der Waals surface area (Å²) < 4.78 is 4.94. The zero-order chi connectivity index (χ0) is 13.2. The number of hydrogen-bond acceptors (Lipinski definition) is 3. The number of aldehydes is 1. The zero-order valence-electron chi connectivity index (χ0n) is 11.0. The minimum Gasteiger partial charge on any atom is -0.472 e. The molecule has 0 aromatic carbocycles. The summed E-state index contributed by atoms with van der Waals surface area (Å²) in [4.78, 5) is 23.3. The highest BCUT2D eigenvalue weighted by atomic mass is 16.3. The van der Waals surface area contributed by atoms with E-state index in [-0.39, 0.29) is 23.0 Å². The number of furan rings is 1. The van der Waals surface area contributed by atoms with Crippen LogP contribution in [-0.2, 0) is 4.79 Å². The van der Waals surface area contributed by atoms with E-state index in [2.05, 4.69) is 13.8 Å². The van der Waals surface area contributed by atoms with Gasteiger partial charge < -0.3 is 9.21 Å². The van der Waals surface area contributed by atoms with Gasteiger partial charge in [0.25, 0.3) is 0 Å². The molecule has 2 atom stereocenters. The summed E-state index contributed by atoms with van der Waals surface area (Å²) in [5, 5.41) is 0. The molecular formula is C15H20O3. The first-order valence-electron chi connectivity index (χ1n) is 6.55. The first-order valence-corrected chi connectivity index (χ1v) is 6.55. The molecule has 0 spiro atoms.